The maximum absolute atomic E-state index is 9.25. The van der Waals surface area contributed by atoms with E-state index >= 15 is 0 Å². The van der Waals surface area contributed by atoms with Gasteiger partial charge in [-0.25, -0.2) is 4.99 Å². The minimum atomic E-state index is 0. The van der Waals surface area contributed by atoms with Crippen molar-refractivity contribution in [2.45, 2.75) is 26.5 Å². The summed E-state index contributed by atoms with van der Waals surface area (Å²) in [6.07, 6.45) is 1.06. The van der Waals surface area contributed by atoms with Gasteiger partial charge >= 0.3 is 0 Å². The zero-order valence-electron chi connectivity index (χ0n) is 13.9. The van der Waals surface area contributed by atoms with Crippen molar-refractivity contribution in [3.63, 3.8) is 0 Å². The van der Waals surface area contributed by atoms with E-state index in [1.54, 1.807) is 0 Å². The van der Waals surface area contributed by atoms with E-state index in [-0.39, 0.29) is 30.6 Å². The molecular weight excluding hydrogens is 413 g/mol. The second-order valence-corrected chi connectivity index (χ2v) is 5.68. The molecule has 0 spiro atoms. The molecule has 128 valence electrons. The van der Waals surface area contributed by atoms with E-state index in [1.807, 2.05) is 24.3 Å². The maximum Gasteiger partial charge on any atom is 0.198 e. The summed E-state index contributed by atoms with van der Waals surface area (Å²) in [5.41, 5.74) is 4.66. The van der Waals surface area contributed by atoms with Crippen molar-refractivity contribution in [3.8, 4) is 0 Å². The predicted molar refractivity (Wildman–Crippen MR) is 110 cm³/mol. The molecule has 0 aliphatic carbocycles. The molecule has 2 aromatic carbocycles. The standard InChI is InChI=1S/C19H23N3O.HI/c1-2-20-19(21-13-15-6-5-7-16(12-15)14-23)22-11-10-17-8-3-4-9-18(17)22;/h3-9,12,23H,2,10-11,13-14H2,1H3,(H,20,21);1H. The first-order valence-electron chi connectivity index (χ1n) is 8.14. The highest BCUT2D eigenvalue weighted by molar-refractivity contribution is 14.0. The van der Waals surface area contributed by atoms with E-state index in [0.29, 0.717) is 6.54 Å². The highest BCUT2D eigenvalue weighted by Crippen LogP contribution is 2.27. The molecule has 0 saturated heterocycles. The summed E-state index contributed by atoms with van der Waals surface area (Å²) in [7, 11) is 0. The minimum absolute atomic E-state index is 0. The Morgan fingerprint density at radius 1 is 1.17 bits per heavy atom. The topological polar surface area (TPSA) is 47.9 Å². The summed E-state index contributed by atoms with van der Waals surface area (Å²) < 4.78 is 0. The van der Waals surface area contributed by atoms with Gasteiger partial charge in [-0.15, -0.1) is 24.0 Å². The summed E-state index contributed by atoms with van der Waals surface area (Å²) in [4.78, 5) is 7.05. The van der Waals surface area contributed by atoms with E-state index in [0.717, 1.165) is 36.6 Å². The lowest BCUT2D eigenvalue weighted by Gasteiger charge is -2.22. The van der Waals surface area contributed by atoms with Crippen LogP contribution in [0.1, 0.15) is 23.6 Å². The lowest BCUT2D eigenvalue weighted by atomic mass is 10.1. The first-order valence-corrected chi connectivity index (χ1v) is 8.14. The first-order chi connectivity index (χ1) is 11.3. The Hall–Kier alpha value is -1.60. The molecule has 0 saturated carbocycles. The number of aliphatic imine (C=N–C) groups is 1. The van der Waals surface area contributed by atoms with E-state index in [2.05, 4.69) is 41.4 Å². The molecule has 1 aliphatic rings. The van der Waals surface area contributed by atoms with Crippen LogP contribution >= 0.6 is 24.0 Å². The lowest BCUT2D eigenvalue weighted by Crippen LogP contribution is -2.40. The molecule has 0 fully saturated rings. The van der Waals surface area contributed by atoms with Crippen LogP contribution in [0.25, 0.3) is 0 Å². The van der Waals surface area contributed by atoms with Gasteiger partial charge in [-0.2, -0.15) is 0 Å². The number of para-hydroxylation sites is 1. The Labute approximate surface area is 160 Å². The van der Waals surface area contributed by atoms with Crippen LogP contribution in [0.15, 0.2) is 53.5 Å². The third-order valence-electron chi connectivity index (χ3n) is 4.06. The van der Waals surface area contributed by atoms with Gasteiger partial charge < -0.3 is 15.3 Å². The highest BCUT2D eigenvalue weighted by Gasteiger charge is 2.22. The van der Waals surface area contributed by atoms with Gasteiger partial charge in [0.1, 0.15) is 0 Å². The molecule has 0 amide bonds. The number of fused-ring (bicyclic) bond motifs is 1. The molecule has 0 radical (unpaired) electrons. The number of aliphatic hydroxyl groups is 1. The molecule has 4 nitrogen and oxygen atoms in total. The minimum Gasteiger partial charge on any atom is -0.392 e. The van der Waals surface area contributed by atoms with Gasteiger partial charge in [-0.1, -0.05) is 42.5 Å². The first kappa shape index (κ1) is 18.7. The largest absolute Gasteiger partial charge is 0.392 e. The van der Waals surface area contributed by atoms with Crippen LogP contribution in [0, 0.1) is 0 Å². The molecule has 1 heterocycles. The van der Waals surface area contributed by atoms with Crippen molar-refractivity contribution in [1.29, 1.82) is 0 Å². The van der Waals surface area contributed by atoms with Gasteiger partial charge in [0.25, 0.3) is 0 Å². The number of nitrogens with zero attached hydrogens (tertiary/aromatic N) is 2. The fourth-order valence-electron chi connectivity index (χ4n) is 2.95. The number of hydrogen-bond acceptors (Lipinski definition) is 2. The number of halogens is 1. The van der Waals surface area contributed by atoms with Gasteiger partial charge in [-0.3, -0.25) is 0 Å². The zero-order chi connectivity index (χ0) is 16.1. The molecule has 0 bridgehead atoms. The van der Waals surface area contributed by atoms with Gasteiger partial charge in [-0.05, 0) is 36.1 Å². The number of aliphatic hydroxyl groups excluding tert-OH is 1. The van der Waals surface area contributed by atoms with Gasteiger partial charge in [0, 0.05) is 18.8 Å². The lowest BCUT2D eigenvalue weighted by molar-refractivity contribution is 0.281. The molecule has 0 aromatic heterocycles. The van der Waals surface area contributed by atoms with Crippen molar-refractivity contribution < 1.29 is 5.11 Å². The van der Waals surface area contributed by atoms with Crippen LogP contribution in [0.5, 0.6) is 0 Å². The Morgan fingerprint density at radius 3 is 2.75 bits per heavy atom. The van der Waals surface area contributed by atoms with Crippen LogP contribution in [0.3, 0.4) is 0 Å². The van der Waals surface area contributed by atoms with Crippen LogP contribution in [-0.4, -0.2) is 24.2 Å². The average Bonchev–Trinajstić information content (AvgIpc) is 3.03. The van der Waals surface area contributed by atoms with E-state index in [4.69, 9.17) is 4.99 Å². The number of rotatable bonds is 4. The van der Waals surface area contributed by atoms with Crippen LogP contribution in [-0.2, 0) is 19.6 Å². The fourth-order valence-corrected chi connectivity index (χ4v) is 2.95. The normalized spacial score (nSPS) is 13.4. The Balaban J connectivity index is 0.00000208. The second kappa shape index (κ2) is 9.03. The van der Waals surface area contributed by atoms with E-state index in [1.165, 1.54) is 11.3 Å². The second-order valence-electron chi connectivity index (χ2n) is 5.68. The SMILES string of the molecule is CCNC(=NCc1cccc(CO)c1)N1CCc2ccccc21.I. The Kier molecular flexibility index (Phi) is 7.05. The number of benzene rings is 2. The Bertz CT molecular complexity index is 703. The van der Waals surface area contributed by atoms with Crippen molar-refractivity contribution in [3.05, 3.63) is 65.2 Å². The van der Waals surface area contributed by atoms with E-state index < -0.39 is 0 Å². The molecule has 2 aromatic rings. The predicted octanol–water partition coefficient (Wildman–Crippen LogP) is 3.33. The van der Waals surface area contributed by atoms with E-state index in [9.17, 15) is 5.11 Å². The van der Waals surface area contributed by atoms with Gasteiger partial charge in [0.2, 0.25) is 0 Å². The summed E-state index contributed by atoms with van der Waals surface area (Å²) in [5, 5.41) is 12.6. The summed E-state index contributed by atoms with van der Waals surface area (Å²) >= 11 is 0. The van der Waals surface area contributed by atoms with Crippen LogP contribution < -0.4 is 10.2 Å². The molecule has 0 unspecified atom stereocenters. The number of anilines is 1. The number of hydrogen-bond donors (Lipinski definition) is 2. The monoisotopic (exact) mass is 437 g/mol. The average molecular weight is 437 g/mol. The molecule has 3 rings (SSSR count). The molecule has 0 atom stereocenters. The summed E-state index contributed by atoms with van der Waals surface area (Å²) in [5.74, 6) is 0.923. The number of guanidine groups is 1. The summed E-state index contributed by atoms with van der Waals surface area (Å²) in [6, 6.07) is 16.4. The third kappa shape index (κ3) is 4.27. The molecule has 1 aliphatic heterocycles. The van der Waals surface area contributed by atoms with Gasteiger partial charge in [0.05, 0.1) is 13.2 Å². The smallest absolute Gasteiger partial charge is 0.198 e. The van der Waals surface area contributed by atoms with Crippen molar-refractivity contribution in [2.24, 2.45) is 4.99 Å². The molecule has 2 N–H and O–H groups in total. The molecule has 24 heavy (non-hydrogen) atoms. The van der Waals surface area contributed by atoms with Crippen molar-refractivity contribution >= 4 is 35.6 Å². The molecular formula is C19H24IN3O. The third-order valence-corrected chi connectivity index (χ3v) is 4.06. The van der Waals surface area contributed by atoms with Crippen molar-refractivity contribution in [2.75, 3.05) is 18.0 Å². The maximum atomic E-state index is 9.25. The molecule has 5 heteroatoms. The van der Waals surface area contributed by atoms with Crippen LogP contribution in [0.4, 0.5) is 5.69 Å². The van der Waals surface area contributed by atoms with Gasteiger partial charge in [0.15, 0.2) is 5.96 Å². The van der Waals surface area contributed by atoms with Crippen molar-refractivity contribution in [1.82, 2.24) is 5.32 Å². The Morgan fingerprint density at radius 2 is 1.96 bits per heavy atom. The fraction of sp³-hybridized carbons (Fsp3) is 0.316. The quantitative estimate of drug-likeness (QED) is 0.439. The van der Waals surface area contributed by atoms with Crippen LogP contribution in [0.2, 0.25) is 0 Å². The summed E-state index contributed by atoms with van der Waals surface area (Å²) in [6.45, 7) is 4.56. The highest BCUT2D eigenvalue weighted by atomic mass is 127. The zero-order valence-corrected chi connectivity index (χ0v) is 16.2. The number of nitrogens with one attached hydrogen (secondary N) is 1.